The minimum Gasteiger partial charge on any atom is -0.481 e. The van der Waals surface area contributed by atoms with Gasteiger partial charge in [-0.1, -0.05) is 13.8 Å². The number of hydrogen-bond donors (Lipinski definition) is 18. The second-order valence-electron chi connectivity index (χ2n) is 17.6. The van der Waals surface area contributed by atoms with Gasteiger partial charge in [0, 0.05) is 24.7 Å². The number of amides is 10. The third-order valence-corrected chi connectivity index (χ3v) is 11.3. The fourth-order valence-electron chi connectivity index (χ4n) is 6.59. The molecule has 10 amide bonds. The summed E-state index contributed by atoms with van der Waals surface area (Å²) in [6.45, 7) is 3.26. The maximum atomic E-state index is 14.0. The molecule has 0 aliphatic heterocycles. The maximum Gasteiger partial charge on any atom is 0.325 e. The molecule has 0 fully saturated rings. The Kier molecular flexibility index (Phi) is 29.3. The molecule has 0 spiro atoms. The molecule has 0 saturated carbocycles. The summed E-state index contributed by atoms with van der Waals surface area (Å²) in [5.74, 6) is -16.1. The van der Waals surface area contributed by atoms with E-state index >= 15 is 0 Å². The Bertz CT molecular complexity index is 2200. The number of nitrogens with one attached hydrogen (secondary N) is 10. The number of rotatable bonds is 36. The number of aliphatic hydroxyl groups excluding tert-OH is 3. The van der Waals surface area contributed by atoms with Crippen molar-refractivity contribution in [3.63, 3.8) is 0 Å². The van der Waals surface area contributed by atoms with Crippen molar-refractivity contribution in [1.82, 2.24) is 57.8 Å². The lowest BCUT2D eigenvalue weighted by molar-refractivity contribution is -0.142. The SMILES string of the molecule is CSCC[C@H](NC(=O)[C@H](CCC(=O)O)NC(=O)[C@H](CC(C)C)NC(=O)[C@H](CC(N)=O)NC(=O)[C@H](CO)NC(=O)[C@H](CO)NC(=O)[C@@H](N)CC(=O)O)C(=O)N[C@H](C(=O)N[C@@H](Cc1cnc[nH]1)C(=O)N[C@@H](C)C(=O)O)[C@@H](C)O. The number of primary amides is 1. The first-order chi connectivity index (χ1) is 35.5. The Morgan fingerprint density at radius 2 is 1.05 bits per heavy atom. The lowest BCUT2D eigenvalue weighted by atomic mass is 10.0. The predicted octanol–water partition coefficient (Wildman–Crippen LogP) is -7.87. The van der Waals surface area contributed by atoms with Gasteiger partial charge in [0.15, 0.2) is 0 Å². The third-order valence-electron chi connectivity index (χ3n) is 10.7. The number of H-pyrrole nitrogens is 1. The second kappa shape index (κ2) is 33.4. The summed E-state index contributed by atoms with van der Waals surface area (Å²) in [7, 11) is 0. The number of hydrogen-bond acceptors (Lipinski definition) is 19. The molecule has 0 aliphatic rings. The first kappa shape index (κ1) is 66.5. The Labute approximate surface area is 438 Å². The van der Waals surface area contributed by atoms with Crippen LogP contribution in [0.4, 0.5) is 0 Å². The van der Waals surface area contributed by atoms with Crippen molar-refractivity contribution < 1.29 is 93.0 Å². The Hall–Kier alpha value is -7.49. The number of carboxylic acids is 3. The number of aliphatic carboxylic acids is 3. The number of carboxylic acid groups (broad SMARTS) is 3. The van der Waals surface area contributed by atoms with Crippen LogP contribution >= 0.6 is 11.8 Å². The number of carbonyl (C=O) groups excluding carboxylic acids is 10. The highest BCUT2D eigenvalue weighted by Gasteiger charge is 2.37. The van der Waals surface area contributed by atoms with E-state index in [1.54, 1.807) is 20.1 Å². The molecule has 0 aliphatic carbocycles. The van der Waals surface area contributed by atoms with Crippen molar-refractivity contribution in [3.05, 3.63) is 18.2 Å². The zero-order valence-corrected chi connectivity index (χ0v) is 43.0. The van der Waals surface area contributed by atoms with Crippen LogP contribution in [0.15, 0.2) is 12.5 Å². The lowest BCUT2D eigenvalue weighted by Crippen LogP contribution is -2.62. The summed E-state index contributed by atoms with van der Waals surface area (Å²) >= 11 is 1.23. The molecule has 76 heavy (non-hydrogen) atoms. The molecule has 0 unspecified atom stereocenters. The number of imidazole rings is 1. The van der Waals surface area contributed by atoms with Gasteiger partial charge in [-0.05, 0) is 51.0 Å². The summed E-state index contributed by atoms with van der Waals surface area (Å²) in [6.07, 6.45) is -1.10. The minimum atomic E-state index is -1.94. The van der Waals surface area contributed by atoms with E-state index < -0.39 is 188 Å². The fourth-order valence-corrected chi connectivity index (χ4v) is 7.06. The number of carbonyl (C=O) groups is 13. The van der Waals surface area contributed by atoms with Crippen molar-refractivity contribution >= 4 is 88.7 Å². The number of aromatic amines is 1. The van der Waals surface area contributed by atoms with E-state index in [0.717, 1.165) is 6.92 Å². The van der Waals surface area contributed by atoms with Gasteiger partial charge in [-0.3, -0.25) is 62.3 Å². The average Bonchev–Trinajstić information content (AvgIpc) is 3.85. The van der Waals surface area contributed by atoms with Crippen LogP contribution in [0.3, 0.4) is 0 Å². The van der Waals surface area contributed by atoms with Crippen LogP contribution < -0.4 is 59.3 Å². The van der Waals surface area contributed by atoms with Crippen LogP contribution in [0.25, 0.3) is 0 Å². The number of aliphatic hydroxyl groups is 3. The van der Waals surface area contributed by atoms with Crippen molar-refractivity contribution in [2.75, 3.05) is 25.2 Å². The van der Waals surface area contributed by atoms with Crippen LogP contribution in [0.5, 0.6) is 0 Å². The smallest absolute Gasteiger partial charge is 0.325 e. The van der Waals surface area contributed by atoms with Crippen molar-refractivity contribution in [2.24, 2.45) is 17.4 Å². The Morgan fingerprint density at radius 3 is 1.53 bits per heavy atom. The predicted molar refractivity (Wildman–Crippen MR) is 262 cm³/mol. The summed E-state index contributed by atoms with van der Waals surface area (Å²) in [5.41, 5.74) is 11.1. The van der Waals surface area contributed by atoms with Gasteiger partial charge in [0.25, 0.3) is 0 Å². The molecule has 20 N–H and O–H groups in total. The molecule has 0 aromatic carbocycles. The van der Waals surface area contributed by atoms with Crippen molar-refractivity contribution in [1.29, 1.82) is 0 Å². The number of nitrogens with zero attached hydrogens (tertiary/aromatic N) is 1. The number of thioether (sulfide) groups is 1. The highest BCUT2D eigenvalue weighted by molar-refractivity contribution is 7.98. The number of nitrogens with two attached hydrogens (primary N) is 2. The van der Waals surface area contributed by atoms with Crippen LogP contribution in [0.1, 0.15) is 71.9 Å². The molecule has 32 nitrogen and oxygen atoms in total. The van der Waals surface area contributed by atoms with Gasteiger partial charge >= 0.3 is 17.9 Å². The highest BCUT2D eigenvalue weighted by atomic mass is 32.2. The normalized spacial score (nSPS) is 15.4. The van der Waals surface area contributed by atoms with Crippen LogP contribution in [0, 0.1) is 5.92 Å². The molecule has 33 heteroatoms. The second-order valence-corrected chi connectivity index (χ2v) is 18.6. The van der Waals surface area contributed by atoms with Crippen molar-refractivity contribution in [2.45, 2.75) is 139 Å². The molecule has 0 radical (unpaired) electrons. The molecular formula is C43H69N13O19S. The van der Waals surface area contributed by atoms with Gasteiger partial charge in [-0.2, -0.15) is 11.8 Å². The third kappa shape index (κ3) is 24.2. The Balaban J connectivity index is 3.41. The molecular weight excluding hydrogens is 1030 g/mol. The van der Waals surface area contributed by atoms with E-state index in [-0.39, 0.29) is 25.0 Å². The van der Waals surface area contributed by atoms with E-state index in [0.29, 0.717) is 5.69 Å². The quantitative estimate of drug-likeness (QED) is 0.0297. The molecule has 0 bridgehead atoms. The van der Waals surface area contributed by atoms with Crippen LogP contribution in [-0.2, 0) is 68.7 Å². The maximum absolute atomic E-state index is 14.0. The monoisotopic (exact) mass is 1100 g/mol. The van der Waals surface area contributed by atoms with E-state index in [4.69, 9.17) is 16.6 Å². The molecule has 1 aromatic heterocycles. The standard InChI is InChI=1S/C43H69N13O19S/c1-18(2)10-25(51-39(70)27(13-30(45)60)52-40(71)29(16-58)55-41(72)28(15-57)54-34(65)22(44)12-32(63)64)38(69)49-23(6-7-31(61)62)35(66)50-24(8-9-76-5)36(67)56-33(20(4)59)42(73)53-26(11-21-14-46-17-47-21)37(68)48-19(3)43(74)75/h14,17-20,22-29,33,57-59H,6-13,15-16,44H2,1-5H3,(H2,45,60)(H,46,47)(H,48,68)(H,49,69)(H,50,66)(H,51,70)(H,52,71)(H,53,73)(H,54,65)(H,55,72)(H,56,67)(H,61,62)(H,63,64)(H,74,75)/t19-,20+,22-,23-,24-,25-,26-,27-,28-,29-,33-/m0/s1. The lowest BCUT2D eigenvalue weighted by Gasteiger charge is -2.28. The van der Waals surface area contributed by atoms with E-state index in [2.05, 4.69) is 47.2 Å². The molecule has 1 rings (SSSR count). The van der Waals surface area contributed by atoms with Gasteiger partial charge in [-0.25, -0.2) is 4.98 Å². The highest BCUT2D eigenvalue weighted by Crippen LogP contribution is 2.11. The summed E-state index contributed by atoms with van der Waals surface area (Å²) < 4.78 is 0. The zero-order chi connectivity index (χ0) is 58.0. The average molecular weight is 1100 g/mol. The molecule has 426 valence electrons. The first-order valence-corrected chi connectivity index (χ1v) is 24.7. The summed E-state index contributed by atoms with van der Waals surface area (Å²) in [4.78, 5) is 173. The van der Waals surface area contributed by atoms with E-state index in [1.165, 1.54) is 31.2 Å². The van der Waals surface area contributed by atoms with Gasteiger partial charge in [0.1, 0.15) is 54.4 Å². The van der Waals surface area contributed by atoms with Gasteiger partial charge in [-0.15, -0.1) is 0 Å². The van der Waals surface area contributed by atoms with Gasteiger partial charge in [0.05, 0.1) is 44.5 Å². The zero-order valence-electron chi connectivity index (χ0n) is 42.2. The van der Waals surface area contributed by atoms with Crippen LogP contribution in [0.2, 0.25) is 0 Å². The van der Waals surface area contributed by atoms with Crippen molar-refractivity contribution in [3.8, 4) is 0 Å². The van der Waals surface area contributed by atoms with Crippen LogP contribution in [-0.4, -0.2) is 209 Å². The molecule has 1 aromatic rings. The summed E-state index contributed by atoms with van der Waals surface area (Å²) in [5, 5.41) is 78.1. The molecule has 1 heterocycles. The fraction of sp³-hybridized carbons (Fsp3) is 0.628. The summed E-state index contributed by atoms with van der Waals surface area (Å²) in [6, 6.07) is -16.9. The van der Waals surface area contributed by atoms with E-state index in [1.807, 2.05) is 10.6 Å². The van der Waals surface area contributed by atoms with Gasteiger partial charge < -0.3 is 94.9 Å². The van der Waals surface area contributed by atoms with E-state index in [9.17, 15) is 87.9 Å². The van der Waals surface area contributed by atoms with Gasteiger partial charge in [0.2, 0.25) is 59.1 Å². The Morgan fingerprint density at radius 1 is 0.592 bits per heavy atom. The first-order valence-electron chi connectivity index (χ1n) is 23.3. The largest absolute Gasteiger partial charge is 0.481 e. The topological polar surface area (TPSA) is 532 Å². The molecule has 11 atom stereocenters. The minimum absolute atomic E-state index is 0.147. The number of aromatic nitrogens is 2. The molecule has 0 saturated heterocycles.